The SMILES string of the molecule is Cc1cc(-c2ccc(N)cc2[N+](=O)[O-])oc1C. The van der Waals surface area contributed by atoms with E-state index in [-0.39, 0.29) is 5.69 Å². The third-order valence-electron chi connectivity index (χ3n) is 2.65. The molecule has 88 valence electrons. The summed E-state index contributed by atoms with van der Waals surface area (Å²) < 4.78 is 5.49. The number of anilines is 1. The zero-order valence-corrected chi connectivity index (χ0v) is 9.56. The first-order chi connectivity index (χ1) is 7.99. The molecule has 5 heteroatoms. The Balaban J connectivity index is 2.62. The molecule has 2 rings (SSSR count). The fourth-order valence-electron chi connectivity index (χ4n) is 1.61. The molecule has 2 aromatic rings. The Morgan fingerprint density at radius 2 is 2.00 bits per heavy atom. The zero-order chi connectivity index (χ0) is 12.6. The number of nitrogens with zero attached hydrogens (tertiary/aromatic N) is 1. The number of nitro benzene ring substituents is 1. The second-order valence-corrected chi connectivity index (χ2v) is 3.88. The van der Waals surface area contributed by atoms with Gasteiger partial charge in [0.05, 0.1) is 10.5 Å². The molecule has 17 heavy (non-hydrogen) atoms. The molecule has 1 aromatic carbocycles. The van der Waals surface area contributed by atoms with Crippen LogP contribution >= 0.6 is 0 Å². The monoisotopic (exact) mass is 232 g/mol. The van der Waals surface area contributed by atoms with E-state index in [1.807, 2.05) is 13.8 Å². The highest BCUT2D eigenvalue weighted by Gasteiger charge is 2.18. The number of benzene rings is 1. The summed E-state index contributed by atoms with van der Waals surface area (Å²) in [6.07, 6.45) is 0. The Morgan fingerprint density at radius 3 is 2.53 bits per heavy atom. The summed E-state index contributed by atoms with van der Waals surface area (Å²) in [5, 5.41) is 10.9. The average Bonchev–Trinajstić information content (AvgIpc) is 2.59. The van der Waals surface area contributed by atoms with Crippen molar-refractivity contribution in [2.24, 2.45) is 0 Å². The quantitative estimate of drug-likeness (QED) is 0.490. The first kappa shape index (κ1) is 11.2. The fourth-order valence-corrected chi connectivity index (χ4v) is 1.61. The Morgan fingerprint density at radius 1 is 1.29 bits per heavy atom. The lowest BCUT2D eigenvalue weighted by Crippen LogP contribution is -1.93. The molecule has 0 amide bonds. The molecule has 0 radical (unpaired) electrons. The molecule has 2 N–H and O–H groups in total. The minimum Gasteiger partial charge on any atom is -0.461 e. The minimum atomic E-state index is -0.459. The van der Waals surface area contributed by atoms with Crippen LogP contribution < -0.4 is 5.73 Å². The van der Waals surface area contributed by atoms with E-state index in [0.29, 0.717) is 17.0 Å². The van der Waals surface area contributed by atoms with Gasteiger partial charge >= 0.3 is 0 Å². The van der Waals surface area contributed by atoms with Crippen LogP contribution in [0.2, 0.25) is 0 Å². The van der Waals surface area contributed by atoms with Crippen LogP contribution in [0.5, 0.6) is 0 Å². The molecular weight excluding hydrogens is 220 g/mol. The van der Waals surface area contributed by atoms with E-state index in [2.05, 4.69) is 0 Å². The molecule has 0 aliphatic carbocycles. The normalized spacial score (nSPS) is 10.5. The third kappa shape index (κ3) is 1.99. The third-order valence-corrected chi connectivity index (χ3v) is 2.65. The Kier molecular flexibility index (Phi) is 2.59. The summed E-state index contributed by atoms with van der Waals surface area (Å²) >= 11 is 0. The van der Waals surface area contributed by atoms with Gasteiger partial charge in [-0.05, 0) is 37.6 Å². The van der Waals surface area contributed by atoms with Crippen molar-refractivity contribution >= 4 is 11.4 Å². The predicted octanol–water partition coefficient (Wildman–Crippen LogP) is 3.05. The van der Waals surface area contributed by atoms with Gasteiger partial charge in [-0.1, -0.05) is 0 Å². The summed E-state index contributed by atoms with van der Waals surface area (Å²) in [6, 6.07) is 6.34. The summed E-state index contributed by atoms with van der Waals surface area (Å²) in [4.78, 5) is 10.5. The highest BCUT2D eigenvalue weighted by Crippen LogP contribution is 2.33. The van der Waals surface area contributed by atoms with E-state index in [0.717, 1.165) is 11.3 Å². The Hall–Kier alpha value is -2.30. The zero-order valence-electron chi connectivity index (χ0n) is 9.56. The molecule has 0 saturated carbocycles. The van der Waals surface area contributed by atoms with Crippen LogP contribution in [0.4, 0.5) is 11.4 Å². The standard InChI is InChI=1S/C12H12N2O3/c1-7-5-12(17-8(7)2)10-4-3-9(13)6-11(10)14(15)16/h3-6H,13H2,1-2H3. The molecule has 0 bridgehead atoms. The lowest BCUT2D eigenvalue weighted by atomic mass is 10.1. The van der Waals surface area contributed by atoms with E-state index in [1.54, 1.807) is 18.2 Å². The van der Waals surface area contributed by atoms with E-state index >= 15 is 0 Å². The number of aryl methyl sites for hydroxylation is 2. The van der Waals surface area contributed by atoms with E-state index < -0.39 is 4.92 Å². The van der Waals surface area contributed by atoms with Crippen molar-refractivity contribution in [1.82, 2.24) is 0 Å². The number of nitrogen functional groups attached to an aromatic ring is 1. The summed E-state index contributed by atoms with van der Waals surface area (Å²) in [7, 11) is 0. The van der Waals surface area contributed by atoms with Crippen LogP contribution in [0.25, 0.3) is 11.3 Å². The summed E-state index contributed by atoms with van der Waals surface area (Å²) in [5.41, 5.74) is 7.27. The fraction of sp³-hybridized carbons (Fsp3) is 0.167. The molecule has 0 atom stereocenters. The highest BCUT2D eigenvalue weighted by atomic mass is 16.6. The summed E-state index contributed by atoms with van der Waals surface area (Å²) in [6.45, 7) is 3.72. The van der Waals surface area contributed by atoms with Gasteiger partial charge in [-0.15, -0.1) is 0 Å². The van der Waals surface area contributed by atoms with Gasteiger partial charge in [-0.2, -0.15) is 0 Å². The maximum atomic E-state index is 10.9. The van der Waals surface area contributed by atoms with Crippen molar-refractivity contribution in [3.63, 3.8) is 0 Å². The second-order valence-electron chi connectivity index (χ2n) is 3.88. The van der Waals surface area contributed by atoms with E-state index in [4.69, 9.17) is 10.2 Å². The molecule has 0 saturated heterocycles. The number of furan rings is 1. The van der Waals surface area contributed by atoms with Gasteiger partial charge in [0, 0.05) is 11.8 Å². The van der Waals surface area contributed by atoms with Gasteiger partial charge in [0.2, 0.25) is 0 Å². The highest BCUT2D eigenvalue weighted by molar-refractivity contribution is 5.73. The van der Waals surface area contributed by atoms with Crippen molar-refractivity contribution in [2.75, 3.05) is 5.73 Å². The van der Waals surface area contributed by atoms with Crippen LogP contribution in [0.3, 0.4) is 0 Å². The van der Waals surface area contributed by atoms with E-state index in [1.165, 1.54) is 6.07 Å². The summed E-state index contributed by atoms with van der Waals surface area (Å²) in [5.74, 6) is 1.25. The van der Waals surface area contributed by atoms with Crippen molar-refractivity contribution in [1.29, 1.82) is 0 Å². The van der Waals surface area contributed by atoms with Crippen LogP contribution in [0, 0.1) is 24.0 Å². The molecule has 0 fully saturated rings. The van der Waals surface area contributed by atoms with E-state index in [9.17, 15) is 10.1 Å². The van der Waals surface area contributed by atoms with Crippen molar-refractivity contribution in [3.05, 3.63) is 45.7 Å². The number of hydrogen-bond donors (Lipinski definition) is 1. The Labute approximate surface area is 98.0 Å². The van der Waals surface area contributed by atoms with Gasteiger partial charge in [-0.25, -0.2) is 0 Å². The molecule has 0 aliphatic heterocycles. The van der Waals surface area contributed by atoms with Gasteiger partial charge in [-0.3, -0.25) is 10.1 Å². The Bertz CT molecular complexity index is 568. The largest absolute Gasteiger partial charge is 0.461 e. The van der Waals surface area contributed by atoms with Gasteiger partial charge < -0.3 is 10.2 Å². The smallest absolute Gasteiger partial charge is 0.282 e. The number of rotatable bonds is 2. The van der Waals surface area contributed by atoms with Gasteiger partial charge in [0.15, 0.2) is 0 Å². The predicted molar refractivity (Wildman–Crippen MR) is 64.7 cm³/mol. The van der Waals surface area contributed by atoms with Gasteiger partial charge in [0.1, 0.15) is 11.5 Å². The minimum absolute atomic E-state index is 0.0428. The van der Waals surface area contributed by atoms with Crippen LogP contribution in [0.15, 0.2) is 28.7 Å². The van der Waals surface area contributed by atoms with Crippen LogP contribution in [-0.4, -0.2) is 4.92 Å². The van der Waals surface area contributed by atoms with Crippen molar-refractivity contribution in [3.8, 4) is 11.3 Å². The molecule has 0 spiro atoms. The molecule has 5 nitrogen and oxygen atoms in total. The maximum Gasteiger partial charge on any atom is 0.282 e. The lowest BCUT2D eigenvalue weighted by Gasteiger charge is -2.00. The number of nitro groups is 1. The molecular formula is C12H12N2O3. The molecule has 1 heterocycles. The van der Waals surface area contributed by atoms with Crippen LogP contribution in [-0.2, 0) is 0 Å². The molecule has 0 unspecified atom stereocenters. The average molecular weight is 232 g/mol. The lowest BCUT2D eigenvalue weighted by molar-refractivity contribution is -0.384. The number of nitrogens with two attached hydrogens (primary N) is 1. The molecule has 0 aliphatic rings. The number of hydrogen-bond acceptors (Lipinski definition) is 4. The second kappa shape index (κ2) is 3.93. The first-order valence-electron chi connectivity index (χ1n) is 5.10. The maximum absolute atomic E-state index is 10.9. The molecule has 1 aromatic heterocycles. The van der Waals surface area contributed by atoms with Gasteiger partial charge in [0.25, 0.3) is 5.69 Å². The first-order valence-corrected chi connectivity index (χ1v) is 5.10. The van der Waals surface area contributed by atoms with Crippen LogP contribution in [0.1, 0.15) is 11.3 Å². The topological polar surface area (TPSA) is 82.3 Å². The van der Waals surface area contributed by atoms with Crippen molar-refractivity contribution in [2.45, 2.75) is 13.8 Å². The van der Waals surface area contributed by atoms with Crippen molar-refractivity contribution < 1.29 is 9.34 Å².